The Hall–Kier alpha value is -3.01. The molecule has 0 bridgehead atoms. The van der Waals surface area contributed by atoms with Crippen LogP contribution >= 0.6 is 0 Å². The first-order valence-electron chi connectivity index (χ1n) is 9.21. The van der Waals surface area contributed by atoms with E-state index in [1.54, 1.807) is 12.3 Å². The molecule has 1 saturated heterocycles. The molecule has 0 unspecified atom stereocenters. The van der Waals surface area contributed by atoms with Crippen molar-refractivity contribution in [2.24, 2.45) is 0 Å². The summed E-state index contributed by atoms with van der Waals surface area (Å²) in [5, 5.41) is 5.99. The minimum Gasteiger partial charge on any atom is -0.453 e. The van der Waals surface area contributed by atoms with Gasteiger partial charge in [0.2, 0.25) is 0 Å². The van der Waals surface area contributed by atoms with Gasteiger partial charge < -0.3 is 25.0 Å². The van der Waals surface area contributed by atoms with E-state index in [1.807, 2.05) is 19.9 Å². The van der Waals surface area contributed by atoms with Gasteiger partial charge in [0.1, 0.15) is 17.5 Å². The zero-order valence-electron chi connectivity index (χ0n) is 16.1. The number of hydrogen-bond donors (Lipinski definition) is 2. The molecule has 2 N–H and O–H groups in total. The predicted octanol–water partition coefficient (Wildman–Crippen LogP) is 0.327. The molecular weight excluding hydrogens is 362 g/mol. The second kappa shape index (κ2) is 9.79. The number of carbonyl (C=O) groups excluding carboxylic acids is 1. The third-order valence-electron chi connectivity index (χ3n) is 4.02. The van der Waals surface area contributed by atoms with E-state index in [0.717, 1.165) is 30.4 Å². The summed E-state index contributed by atoms with van der Waals surface area (Å²) in [5.41, 5.74) is 0.784. The van der Waals surface area contributed by atoms with Crippen LogP contribution in [0.4, 0.5) is 11.6 Å². The number of ether oxygens (including phenoxy) is 2. The van der Waals surface area contributed by atoms with Gasteiger partial charge >= 0.3 is 6.01 Å². The van der Waals surface area contributed by atoms with E-state index in [9.17, 15) is 4.79 Å². The average Bonchev–Trinajstić information content (AvgIpc) is 2.70. The van der Waals surface area contributed by atoms with Crippen LogP contribution in [0, 0.1) is 13.8 Å². The Labute approximate surface area is 163 Å². The van der Waals surface area contributed by atoms with Crippen LogP contribution < -0.4 is 20.3 Å². The first-order chi connectivity index (χ1) is 13.6. The Bertz CT molecular complexity index is 796. The number of aromatic nitrogens is 4. The zero-order chi connectivity index (χ0) is 19.8. The molecule has 0 aliphatic carbocycles. The molecular formula is C18H25N7O3. The Morgan fingerprint density at radius 3 is 2.82 bits per heavy atom. The second-order valence-corrected chi connectivity index (χ2v) is 6.30. The molecule has 0 aromatic carbocycles. The maximum atomic E-state index is 11.9. The van der Waals surface area contributed by atoms with Gasteiger partial charge in [0.25, 0.3) is 5.91 Å². The molecule has 10 nitrogen and oxygen atoms in total. The topological polar surface area (TPSA) is 114 Å². The van der Waals surface area contributed by atoms with Crippen molar-refractivity contribution in [1.82, 2.24) is 25.3 Å². The van der Waals surface area contributed by atoms with Crippen molar-refractivity contribution in [3.05, 3.63) is 29.8 Å². The van der Waals surface area contributed by atoms with Crippen molar-refractivity contribution in [3.8, 4) is 6.01 Å². The van der Waals surface area contributed by atoms with E-state index < -0.39 is 0 Å². The van der Waals surface area contributed by atoms with E-state index in [2.05, 4.69) is 35.5 Å². The van der Waals surface area contributed by atoms with E-state index >= 15 is 0 Å². The van der Waals surface area contributed by atoms with Crippen molar-refractivity contribution in [3.63, 3.8) is 0 Å². The SMILES string of the molecule is Cc1ccnc(OCC(=O)NCCNc2cc(N3CCOCC3)nc(C)n2)n1. The van der Waals surface area contributed by atoms with E-state index in [4.69, 9.17) is 9.47 Å². The number of nitrogens with one attached hydrogen (secondary N) is 2. The molecule has 2 aromatic heterocycles. The summed E-state index contributed by atoms with van der Waals surface area (Å²) in [7, 11) is 0. The normalized spacial score (nSPS) is 13.9. The maximum absolute atomic E-state index is 11.9. The number of nitrogens with zero attached hydrogens (tertiary/aromatic N) is 5. The molecule has 1 aliphatic rings. The maximum Gasteiger partial charge on any atom is 0.317 e. The van der Waals surface area contributed by atoms with Crippen LogP contribution in [0.5, 0.6) is 6.01 Å². The fourth-order valence-electron chi connectivity index (χ4n) is 2.67. The van der Waals surface area contributed by atoms with E-state index in [1.165, 1.54) is 0 Å². The summed E-state index contributed by atoms with van der Waals surface area (Å²) >= 11 is 0. The van der Waals surface area contributed by atoms with Crippen LogP contribution in [0.25, 0.3) is 0 Å². The molecule has 28 heavy (non-hydrogen) atoms. The Morgan fingerprint density at radius 2 is 2.04 bits per heavy atom. The van der Waals surface area contributed by atoms with Gasteiger partial charge in [0.15, 0.2) is 6.61 Å². The highest BCUT2D eigenvalue weighted by Crippen LogP contribution is 2.16. The Morgan fingerprint density at radius 1 is 1.21 bits per heavy atom. The molecule has 1 amide bonds. The lowest BCUT2D eigenvalue weighted by Crippen LogP contribution is -2.37. The lowest BCUT2D eigenvalue weighted by atomic mass is 10.4. The lowest BCUT2D eigenvalue weighted by Gasteiger charge is -2.28. The van der Waals surface area contributed by atoms with Gasteiger partial charge in [-0.05, 0) is 19.9 Å². The molecule has 1 fully saturated rings. The molecule has 0 saturated carbocycles. The molecule has 0 spiro atoms. The summed E-state index contributed by atoms with van der Waals surface area (Å²) in [6.07, 6.45) is 1.59. The van der Waals surface area contributed by atoms with Crippen LogP contribution in [-0.4, -0.2) is 71.8 Å². The van der Waals surface area contributed by atoms with Gasteiger partial charge in [0, 0.05) is 44.1 Å². The highest BCUT2D eigenvalue weighted by molar-refractivity contribution is 5.77. The number of hydrogen-bond acceptors (Lipinski definition) is 9. The zero-order valence-corrected chi connectivity index (χ0v) is 16.1. The molecule has 0 radical (unpaired) electrons. The molecule has 3 rings (SSSR count). The van der Waals surface area contributed by atoms with Crippen molar-refractivity contribution >= 4 is 17.5 Å². The first-order valence-corrected chi connectivity index (χ1v) is 9.21. The predicted molar refractivity (Wildman–Crippen MR) is 104 cm³/mol. The molecule has 10 heteroatoms. The largest absolute Gasteiger partial charge is 0.453 e. The Kier molecular flexibility index (Phi) is 6.90. The smallest absolute Gasteiger partial charge is 0.317 e. The summed E-state index contributed by atoms with van der Waals surface area (Å²) in [4.78, 5) is 31.0. The summed E-state index contributed by atoms with van der Waals surface area (Å²) < 4.78 is 10.7. The van der Waals surface area contributed by atoms with Crippen LogP contribution in [-0.2, 0) is 9.53 Å². The number of aryl methyl sites for hydroxylation is 2. The molecule has 2 aromatic rings. The van der Waals surface area contributed by atoms with Gasteiger partial charge in [-0.2, -0.15) is 0 Å². The van der Waals surface area contributed by atoms with Crippen molar-refractivity contribution in [2.45, 2.75) is 13.8 Å². The standard InChI is InChI=1S/C18H25N7O3/c1-13-3-4-21-18(22-13)28-12-17(26)20-6-5-19-15-11-16(24-14(2)23-15)25-7-9-27-10-8-25/h3-4,11H,5-10,12H2,1-2H3,(H,20,26)(H,19,23,24). The van der Waals surface area contributed by atoms with Crippen LogP contribution in [0.3, 0.4) is 0 Å². The van der Waals surface area contributed by atoms with E-state index in [0.29, 0.717) is 32.1 Å². The fraction of sp³-hybridized carbons (Fsp3) is 0.500. The van der Waals surface area contributed by atoms with Gasteiger partial charge in [0.05, 0.1) is 13.2 Å². The molecule has 0 atom stereocenters. The fourth-order valence-corrected chi connectivity index (χ4v) is 2.67. The van der Waals surface area contributed by atoms with Gasteiger partial charge in [-0.15, -0.1) is 0 Å². The Balaban J connectivity index is 1.41. The minimum absolute atomic E-state index is 0.128. The first kappa shape index (κ1) is 19.7. The van der Waals surface area contributed by atoms with Gasteiger partial charge in [-0.1, -0.05) is 0 Å². The highest BCUT2D eigenvalue weighted by Gasteiger charge is 2.14. The van der Waals surface area contributed by atoms with Gasteiger partial charge in [-0.25, -0.2) is 19.9 Å². The second-order valence-electron chi connectivity index (χ2n) is 6.30. The average molecular weight is 387 g/mol. The highest BCUT2D eigenvalue weighted by atomic mass is 16.5. The van der Waals surface area contributed by atoms with Gasteiger partial charge in [-0.3, -0.25) is 4.79 Å². The van der Waals surface area contributed by atoms with Crippen LogP contribution in [0.1, 0.15) is 11.5 Å². The summed E-state index contributed by atoms with van der Waals surface area (Å²) in [5.74, 6) is 2.07. The number of rotatable bonds is 8. The minimum atomic E-state index is -0.236. The molecule has 1 aliphatic heterocycles. The summed E-state index contributed by atoms with van der Waals surface area (Å²) in [6.45, 7) is 7.57. The number of amides is 1. The number of carbonyl (C=O) groups is 1. The number of anilines is 2. The van der Waals surface area contributed by atoms with E-state index in [-0.39, 0.29) is 18.5 Å². The third-order valence-corrected chi connectivity index (χ3v) is 4.02. The summed E-state index contributed by atoms with van der Waals surface area (Å²) in [6, 6.07) is 3.87. The van der Waals surface area contributed by atoms with Crippen molar-refractivity contribution < 1.29 is 14.3 Å². The van der Waals surface area contributed by atoms with Crippen LogP contribution in [0.15, 0.2) is 18.3 Å². The molecule has 3 heterocycles. The molecule has 150 valence electrons. The lowest BCUT2D eigenvalue weighted by molar-refractivity contribution is -0.123. The van der Waals surface area contributed by atoms with Crippen molar-refractivity contribution in [2.75, 3.05) is 56.2 Å². The number of morpholine rings is 1. The van der Waals surface area contributed by atoms with Crippen molar-refractivity contribution in [1.29, 1.82) is 0 Å². The monoisotopic (exact) mass is 387 g/mol. The quantitative estimate of drug-likeness (QED) is 0.618. The van der Waals surface area contributed by atoms with Crippen LogP contribution in [0.2, 0.25) is 0 Å². The third kappa shape index (κ3) is 6.02.